The van der Waals surface area contributed by atoms with Gasteiger partial charge in [-0.15, -0.1) is 0 Å². The second kappa shape index (κ2) is 5.95. The largest absolute Gasteiger partial charge is 0.399 e. The lowest BCUT2D eigenvalue weighted by Gasteiger charge is -2.09. The van der Waals surface area contributed by atoms with Crippen LogP contribution in [0.15, 0.2) is 41.7 Å². The summed E-state index contributed by atoms with van der Waals surface area (Å²) in [4.78, 5) is 4.83. The average Bonchev–Trinajstić information content (AvgIpc) is 2.35. The maximum Gasteiger partial charge on any atom is 0.132 e. The first-order valence-electron chi connectivity index (χ1n) is 5.30. The Kier molecular flexibility index (Phi) is 4.58. The van der Waals surface area contributed by atoms with E-state index in [9.17, 15) is 0 Å². The number of nitrogens with one attached hydrogen (secondary N) is 1. The zero-order chi connectivity index (χ0) is 12.0. The van der Waals surface area contributed by atoms with Gasteiger partial charge in [0.2, 0.25) is 0 Å². The van der Waals surface area contributed by atoms with Crippen molar-refractivity contribution >= 4 is 5.71 Å². The van der Waals surface area contributed by atoms with Gasteiger partial charge in [0.15, 0.2) is 0 Å². The summed E-state index contributed by atoms with van der Waals surface area (Å²) in [5.74, 6) is 0. The van der Waals surface area contributed by atoms with E-state index in [0.29, 0.717) is 0 Å². The first kappa shape index (κ1) is 12.3. The van der Waals surface area contributed by atoms with E-state index >= 15 is 0 Å². The van der Waals surface area contributed by atoms with Crippen LogP contribution in [0.5, 0.6) is 0 Å². The van der Waals surface area contributed by atoms with Crippen molar-refractivity contribution in [1.82, 2.24) is 5.32 Å². The molecular weight excluding hydrogens is 200 g/mol. The van der Waals surface area contributed by atoms with Gasteiger partial charge in [0.25, 0.3) is 0 Å². The van der Waals surface area contributed by atoms with E-state index in [4.69, 9.17) is 4.84 Å². The fraction of sp³-hybridized carbons (Fsp3) is 0.308. The lowest BCUT2D eigenvalue weighted by molar-refractivity contribution is 0.213. The zero-order valence-corrected chi connectivity index (χ0v) is 10.1. The summed E-state index contributed by atoms with van der Waals surface area (Å²) in [7, 11) is 3.34. The standard InChI is InChI=1S/C13H18N2O/c1-5-11-6-8-12(9-7-11)13(15-16-4)10(2)14-3/h6-9,14H,2,5H2,1,3-4H3/b15-13-. The number of allylic oxidation sites excluding steroid dienone is 1. The molecule has 0 aliphatic rings. The molecular formula is C13H18N2O. The normalized spacial score (nSPS) is 11.1. The molecule has 3 heteroatoms. The highest BCUT2D eigenvalue weighted by atomic mass is 16.6. The summed E-state index contributed by atoms with van der Waals surface area (Å²) in [6, 6.07) is 8.23. The summed E-state index contributed by atoms with van der Waals surface area (Å²) in [5.41, 5.74) is 3.77. The van der Waals surface area contributed by atoms with Crippen LogP contribution in [0.2, 0.25) is 0 Å². The van der Waals surface area contributed by atoms with Gasteiger partial charge in [-0.3, -0.25) is 0 Å². The first-order chi connectivity index (χ1) is 7.72. The molecule has 16 heavy (non-hydrogen) atoms. The predicted molar refractivity (Wildman–Crippen MR) is 67.6 cm³/mol. The molecule has 86 valence electrons. The quantitative estimate of drug-likeness (QED) is 0.608. The molecule has 0 saturated carbocycles. The molecule has 1 aromatic rings. The van der Waals surface area contributed by atoms with Gasteiger partial charge in [-0.05, 0) is 12.0 Å². The molecule has 0 amide bonds. The van der Waals surface area contributed by atoms with Crippen LogP contribution in [-0.4, -0.2) is 19.9 Å². The van der Waals surface area contributed by atoms with Crippen LogP contribution in [0.3, 0.4) is 0 Å². The van der Waals surface area contributed by atoms with Gasteiger partial charge in [0.1, 0.15) is 12.8 Å². The van der Waals surface area contributed by atoms with Crippen LogP contribution in [0.1, 0.15) is 18.1 Å². The number of aryl methyl sites for hydroxylation is 1. The fourth-order valence-electron chi connectivity index (χ4n) is 1.39. The molecule has 0 bridgehead atoms. The fourth-order valence-corrected chi connectivity index (χ4v) is 1.39. The summed E-state index contributed by atoms with van der Waals surface area (Å²) >= 11 is 0. The number of likely N-dealkylation sites (N-methyl/N-ethyl adjacent to an activating group) is 1. The van der Waals surface area contributed by atoms with E-state index in [-0.39, 0.29) is 0 Å². The van der Waals surface area contributed by atoms with E-state index in [1.807, 2.05) is 19.2 Å². The third-order valence-electron chi connectivity index (χ3n) is 2.41. The van der Waals surface area contributed by atoms with Crippen LogP contribution in [0.4, 0.5) is 0 Å². The van der Waals surface area contributed by atoms with Crippen LogP contribution in [-0.2, 0) is 11.3 Å². The highest BCUT2D eigenvalue weighted by molar-refractivity contribution is 6.11. The van der Waals surface area contributed by atoms with Crippen LogP contribution >= 0.6 is 0 Å². The summed E-state index contributed by atoms with van der Waals surface area (Å²) in [6.45, 7) is 6.02. The minimum absolute atomic E-state index is 0.729. The highest BCUT2D eigenvalue weighted by Crippen LogP contribution is 2.09. The number of hydrogen-bond donors (Lipinski definition) is 1. The number of nitrogens with zero attached hydrogens (tertiary/aromatic N) is 1. The molecule has 3 nitrogen and oxygen atoms in total. The highest BCUT2D eigenvalue weighted by Gasteiger charge is 2.07. The second-order valence-corrected chi connectivity index (χ2v) is 3.40. The summed E-state index contributed by atoms with van der Waals surface area (Å²) in [5, 5.41) is 6.95. The van der Waals surface area contributed by atoms with E-state index < -0.39 is 0 Å². The monoisotopic (exact) mass is 218 g/mol. The van der Waals surface area contributed by atoms with Gasteiger partial charge in [-0.1, -0.05) is 42.9 Å². The lowest BCUT2D eigenvalue weighted by atomic mass is 10.0. The molecule has 0 saturated heterocycles. The Morgan fingerprint density at radius 1 is 1.38 bits per heavy atom. The van der Waals surface area contributed by atoms with Crippen molar-refractivity contribution in [3.63, 3.8) is 0 Å². The molecule has 0 spiro atoms. The molecule has 1 aromatic carbocycles. The van der Waals surface area contributed by atoms with Gasteiger partial charge < -0.3 is 10.2 Å². The second-order valence-electron chi connectivity index (χ2n) is 3.40. The number of hydrogen-bond acceptors (Lipinski definition) is 3. The van der Waals surface area contributed by atoms with Crippen molar-refractivity contribution in [3.05, 3.63) is 47.7 Å². The molecule has 0 aromatic heterocycles. The molecule has 0 atom stereocenters. The Bertz CT molecular complexity index is 379. The van der Waals surface area contributed by atoms with Gasteiger partial charge >= 0.3 is 0 Å². The van der Waals surface area contributed by atoms with Crippen molar-refractivity contribution < 1.29 is 4.84 Å². The van der Waals surface area contributed by atoms with Gasteiger partial charge in [-0.2, -0.15) is 0 Å². The average molecular weight is 218 g/mol. The molecule has 0 radical (unpaired) electrons. The Hall–Kier alpha value is -1.77. The van der Waals surface area contributed by atoms with Crippen molar-refractivity contribution in [2.75, 3.05) is 14.2 Å². The molecule has 0 unspecified atom stereocenters. The minimum Gasteiger partial charge on any atom is -0.399 e. The van der Waals surface area contributed by atoms with E-state index in [1.165, 1.54) is 12.7 Å². The maximum atomic E-state index is 4.83. The Balaban J connectivity index is 3.02. The third-order valence-corrected chi connectivity index (χ3v) is 2.41. The van der Waals surface area contributed by atoms with Gasteiger partial charge in [0, 0.05) is 12.6 Å². The Morgan fingerprint density at radius 2 is 2.00 bits per heavy atom. The van der Waals surface area contributed by atoms with Crippen LogP contribution in [0.25, 0.3) is 0 Å². The van der Waals surface area contributed by atoms with E-state index in [2.05, 4.69) is 36.1 Å². The third kappa shape index (κ3) is 2.86. The lowest BCUT2D eigenvalue weighted by Crippen LogP contribution is -2.16. The minimum atomic E-state index is 0.729. The molecule has 0 fully saturated rings. The Morgan fingerprint density at radius 3 is 2.44 bits per heavy atom. The Labute approximate surface area is 96.8 Å². The van der Waals surface area contributed by atoms with Crippen molar-refractivity contribution in [2.24, 2.45) is 5.16 Å². The van der Waals surface area contributed by atoms with Crippen LogP contribution < -0.4 is 5.32 Å². The van der Waals surface area contributed by atoms with E-state index in [1.54, 1.807) is 0 Å². The first-order valence-corrected chi connectivity index (χ1v) is 5.30. The molecule has 1 N–H and O–H groups in total. The van der Waals surface area contributed by atoms with Crippen molar-refractivity contribution in [1.29, 1.82) is 0 Å². The number of oxime groups is 1. The maximum absolute atomic E-state index is 4.83. The van der Waals surface area contributed by atoms with Crippen molar-refractivity contribution in [2.45, 2.75) is 13.3 Å². The predicted octanol–water partition coefficient (Wildman–Crippen LogP) is 2.33. The molecule has 0 aliphatic carbocycles. The zero-order valence-electron chi connectivity index (χ0n) is 10.1. The summed E-state index contributed by atoms with van der Waals surface area (Å²) in [6.07, 6.45) is 1.03. The topological polar surface area (TPSA) is 33.6 Å². The smallest absolute Gasteiger partial charge is 0.132 e. The van der Waals surface area contributed by atoms with Crippen molar-refractivity contribution in [3.8, 4) is 0 Å². The number of rotatable bonds is 5. The van der Waals surface area contributed by atoms with Gasteiger partial charge in [0.05, 0.1) is 5.70 Å². The molecule has 0 aliphatic heterocycles. The molecule has 0 heterocycles. The van der Waals surface area contributed by atoms with Crippen LogP contribution in [0, 0.1) is 0 Å². The van der Waals surface area contributed by atoms with E-state index in [0.717, 1.165) is 23.4 Å². The van der Waals surface area contributed by atoms with Gasteiger partial charge in [-0.25, -0.2) is 0 Å². The summed E-state index contributed by atoms with van der Waals surface area (Å²) < 4.78 is 0. The SMILES string of the molecule is C=C(NC)/C(=N/OC)c1ccc(CC)cc1. The molecule has 1 rings (SSSR count). The number of benzene rings is 1.